The van der Waals surface area contributed by atoms with Gasteiger partial charge in [0.1, 0.15) is 5.82 Å². The molecule has 32 heavy (non-hydrogen) atoms. The fourth-order valence-electron chi connectivity index (χ4n) is 3.66. The number of allylic oxidation sites excluding steroid dienone is 2. The van der Waals surface area contributed by atoms with Gasteiger partial charge in [-0.3, -0.25) is 4.79 Å². The molecule has 0 spiro atoms. The Morgan fingerprint density at radius 3 is 1.84 bits per heavy atom. The number of hydrogen-bond acceptors (Lipinski definition) is 5. The number of unbranched alkanes of at least 4 members (excludes halogenated alkanes) is 10. The van der Waals surface area contributed by atoms with Gasteiger partial charge < -0.3 is 15.2 Å². The Labute approximate surface area is 195 Å². The monoisotopic (exact) mass is 447 g/mol. The van der Waals surface area contributed by atoms with Gasteiger partial charge in [0.2, 0.25) is 17.7 Å². The standard InChI is InChI=1S/C26H45N3O3/c1-4-7-8-9-10-11-12-13-14-15-16-17-18-19-20-22(25(27)30)26-28-23(31-5-2)21-24(29-26)32-6-3/h13-14,21-22H,4-12,15-20H2,1-3H3,(H2,27,30). The molecule has 6 nitrogen and oxygen atoms in total. The minimum Gasteiger partial charge on any atom is -0.478 e. The topological polar surface area (TPSA) is 87.3 Å². The molecule has 1 heterocycles. The first kappa shape index (κ1) is 27.9. The first-order valence-electron chi connectivity index (χ1n) is 12.7. The molecule has 0 saturated carbocycles. The molecule has 1 aromatic heterocycles. The maximum atomic E-state index is 12.1. The maximum Gasteiger partial charge on any atom is 0.228 e. The lowest BCUT2D eigenvalue weighted by molar-refractivity contribution is -0.119. The zero-order valence-corrected chi connectivity index (χ0v) is 20.6. The predicted molar refractivity (Wildman–Crippen MR) is 131 cm³/mol. The third-order valence-electron chi connectivity index (χ3n) is 5.44. The Bertz CT molecular complexity index is 625. The summed E-state index contributed by atoms with van der Waals surface area (Å²) in [5.74, 6) is 0.301. The van der Waals surface area contributed by atoms with E-state index in [2.05, 4.69) is 29.0 Å². The number of nitrogens with zero attached hydrogens (tertiary/aromatic N) is 2. The van der Waals surface area contributed by atoms with Crippen LogP contribution < -0.4 is 15.2 Å². The first-order valence-corrected chi connectivity index (χ1v) is 12.7. The predicted octanol–water partition coefficient (Wildman–Crippen LogP) is 6.49. The van der Waals surface area contributed by atoms with Crippen molar-refractivity contribution in [3.63, 3.8) is 0 Å². The highest BCUT2D eigenvalue weighted by atomic mass is 16.5. The molecule has 0 aromatic carbocycles. The van der Waals surface area contributed by atoms with Crippen molar-refractivity contribution in [2.24, 2.45) is 5.73 Å². The minimum absolute atomic E-state index is 0.393. The summed E-state index contributed by atoms with van der Waals surface area (Å²) in [5.41, 5.74) is 5.66. The van der Waals surface area contributed by atoms with Crippen molar-refractivity contribution in [2.75, 3.05) is 13.2 Å². The van der Waals surface area contributed by atoms with Crippen LogP contribution >= 0.6 is 0 Å². The Kier molecular flexibility index (Phi) is 16.1. The first-order chi connectivity index (χ1) is 15.6. The Morgan fingerprint density at radius 1 is 0.844 bits per heavy atom. The molecule has 0 fully saturated rings. The van der Waals surface area contributed by atoms with Crippen LogP contribution in [-0.4, -0.2) is 29.1 Å². The van der Waals surface area contributed by atoms with E-state index in [1.165, 1.54) is 51.4 Å². The SMILES string of the molecule is CCCCCCCCC=CCCCCCCC(C(N)=O)c1nc(OCC)cc(OCC)n1. The molecular formula is C26H45N3O3. The van der Waals surface area contributed by atoms with E-state index in [1.54, 1.807) is 6.07 Å². The van der Waals surface area contributed by atoms with Crippen molar-refractivity contribution in [1.29, 1.82) is 0 Å². The fourth-order valence-corrected chi connectivity index (χ4v) is 3.66. The highest BCUT2D eigenvalue weighted by Gasteiger charge is 2.22. The zero-order chi connectivity index (χ0) is 23.4. The highest BCUT2D eigenvalue weighted by Crippen LogP contribution is 2.25. The zero-order valence-electron chi connectivity index (χ0n) is 20.6. The van der Waals surface area contributed by atoms with Crippen LogP contribution in [0.4, 0.5) is 0 Å². The molecule has 0 saturated heterocycles. The number of hydrogen-bond donors (Lipinski definition) is 1. The molecule has 0 aliphatic heterocycles. The Morgan fingerprint density at radius 2 is 1.34 bits per heavy atom. The molecule has 1 amide bonds. The Balaban J connectivity index is 2.31. The van der Waals surface area contributed by atoms with Gasteiger partial charge in [0.15, 0.2) is 0 Å². The largest absolute Gasteiger partial charge is 0.478 e. The average molecular weight is 448 g/mol. The molecule has 0 aliphatic rings. The van der Waals surface area contributed by atoms with Crippen molar-refractivity contribution in [2.45, 2.75) is 110 Å². The van der Waals surface area contributed by atoms with Gasteiger partial charge in [-0.05, 0) is 46.0 Å². The van der Waals surface area contributed by atoms with Crippen LogP contribution in [-0.2, 0) is 4.79 Å². The second kappa shape index (κ2) is 18.5. The van der Waals surface area contributed by atoms with E-state index in [0.29, 0.717) is 37.2 Å². The third kappa shape index (κ3) is 12.7. The lowest BCUT2D eigenvalue weighted by Gasteiger charge is -2.14. The van der Waals surface area contributed by atoms with Gasteiger partial charge in [-0.25, -0.2) is 0 Å². The van der Waals surface area contributed by atoms with Crippen LogP contribution in [0.2, 0.25) is 0 Å². The summed E-state index contributed by atoms with van der Waals surface area (Å²) in [6, 6.07) is 1.65. The smallest absolute Gasteiger partial charge is 0.228 e. The van der Waals surface area contributed by atoms with Crippen molar-refractivity contribution in [1.82, 2.24) is 9.97 Å². The summed E-state index contributed by atoms with van der Waals surface area (Å²) in [4.78, 5) is 20.8. The number of carbonyl (C=O) groups is 1. The van der Waals surface area contributed by atoms with E-state index >= 15 is 0 Å². The number of rotatable bonds is 20. The van der Waals surface area contributed by atoms with Crippen LogP contribution in [0.25, 0.3) is 0 Å². The lowest BCUT2D eigenvalue weighted by Crippen LogP contribution is -2.23. The van der Waals surface area contributed by atoms with Crippen LogP contribution in [0.5, 0.6) is 11.8 Å². The van der Waals surface area contributed by atoms with Gasteiger partial charge in [-0.15, -0.1) is 0 Å². The van der Waals surface area contributed by atoms with Gasteiger partial charge in [0.25, 0.3) is 0 Å². The van der Waals surface area contributed by atoms with Gasteiger partial charge in [-0.1, -0.05) is 70.4 Å². The molecule has 182 valence electrons. The van der Waals surface area contributed by atoms with E-state index in [4.69, 9.17) is 15.2 Å². The van der Waals surface area contributed by atoms with Gasteiger partial charge in [0.05, 0.1) is 25.2 Å². The molecule has 1 rings (SSSR count). The number of ether oxygens (including phenoxy) is 2. The fraction of sp³-hybridized carbons (Fsp3) is 0.731. The Hall–Kier alpha value is -2.11. The average Bonchev–Trinajstić information content (AvgIpc) is 2.76. The molecule has 0 bridgehead atoms. The summed E-state index contributed by atoms with van der Waals surface area (Å²) in [6.07, 6.45) is 20.1. The molecular weight excluding hydrogens is 402 g/mol. The normalized spacial score (nSPS) is 12.2. The van der Waals surface area contributed by atoms with Gasteiger partial charge in [0, 0.05) is 0 Å². The van der Waals surface area contributed by atoms with E-state index < -0.39 is 11.8 Å². The van der Waals surface area contributed by atoms with Gasteiger partial charge in [-0.2, -0.15) is 9.97 Å². The van der Waals surface area contributed by atoms with E-state index in [9.17, 15) is 4.79 Å². The number of primary amides is 1. The number of amides is 1. The molecule has 1 atom stereocenters. The molecule has 6 heteroatoms. The quantitative estimate of drug-likeness (QED) is 0.182. The number of aromatic nitrogens is 2. The molecule has 1 unspecified atom stereocenters. The van der Waals surface area contributed by atoms with Crippen molar-refractivity contribution < 1.29 is 14.3 Å². The van der Waals surface area contributed by atoms with E-state index in [0.717, 1.165) is 25.7 Å². The summed E-state index contributed by atoms with van der Waals surface area (Å²) in [7, 11) is 0. The van der Waals surface area contributed by atoms with Crippen molar-refractivity contribution in [3.05, 3.63) is 24.0 Å². The van der Waals surface area contributed by atoms with Gasteiger partial charge >= 0.3 is 0 Å². The van der Waals surface area contributed by atoms with Crippen LogP contribution in [0.3, 0.4) is 0 Å². The maximum absolute atomic E-state index is 12.1. The second-order valence-electron chi connectivity index (χ2n) is 8.24. The molecule has 0 radical (unpaired) electrons. The van der Waals surface area contributed by atoms with Crippen molar-refractivity contribution in [3.8, 4) is 11.8 Å². The third-order valence-corrected chi connectivity index (χ3v) is 5.44. The van der Waals surface area contributed by atoms with E-state index in [1.807, 2.05) is 13.8 Å². The summed E-state index contributed by atoms with van der Waals surface area (Å²) in [6.45, 7) is 7.00. The summed E-state index contributed by atoms with van der Waals surface area (Å²) in [5, 5.41) is 0. The summed E-state index contributed by atoms with van der Waals surface area (Å²) < 4.78 is 11.0. The van der Waals surface area contributed by atoms with Crippen molar-refractivity contribution >= 4 is 5.91 Å². The lowest BCUT2D eigenvalue weighted by atomic mass is 9.98. The highest BCUT2D eigenvalue weighted by molar-refractivity contribution is 5.80. The molecule has 1 aromatic rings. The summed E-state index contributed by atoms with van der Waals surface area (Å²) >= 11 is 0. The molecule has 0 aliphatic carbocycles. The van der Waals surface area contributed by atoms with Crippen LogP contribution in [0.1, 0.15) is 116 Å². The van der Waals surface area contributed by atoms with Crippen LogP contribution in [0, 0.1) is 0 Å². The number of nitrogens with two attached hydrogens (primary N) is 1. The second-order valence-corrected chi connectivity index (χ2v) is 8.24. The van der Waals surface area contributed by atoms with E-state index in [-0.39, 0.29) is 0 Å². The minimum atomic E-state index is -0.521. The molecule has 2 N–H and O–H groups in total. The number of carbonyl (C=O) groups excluding carboxylic acids is 1. The van der Waals surface area contributed by atoms with Crippen LogP contribution in [0.15, 0.2) is 18.2 Å².